The van der Waals surface area contributed by atoms with E-state index in [0.717, 1.165) is 12.8 Å². The molecule has 4 heteroatoms. The Labute approximate surface area is 116 Å². The molecule has 4 nitrogen and oxygen atoms in total. The normalized spacial score (nSPS) is 19.7. The van der Waals surface area contributed by atoms with E-state index in [4.69, 9.17) is 5.73 Å². The van der Waals surface area contributed by atoms with E-state index in [1.807, 2.05) is 20.8 Å². The summed E-state index contributed by atoms with van der Waals surface area (Å²) in [4.78, 5) is 24.2. The van der Waals surface area contributed by atoms with Gasteiger partial charge in [-0.2, -0.15) is 0 Å². The Kier molecular flexibility index (Phi) is 4.04. The largest absolute Gasteiger partial charge is 0.369 e. The van der Waals surface area contributed by atoms with Crippen LogP contribution in [-0.4, -0.2) is 17.4 Å². The lowest BCUT2D eigenvalue weighted by molar-refractivity contribution is -0.137. The molecule has 1 atom stereocenters. The lowest BCUT2D eigenvalue weighted by Crippen LogP contribution is -2.49. The maximum absolute atomic E-state index is 12.5. The molecule has 0 aromatic heterocycles. The van der Waals surface area contributed by atoms with E-state index in [2.05, 4.69) is 26.1 Å². The van der Waals surface area contributed by atoms with Gasteiger partial charge in [0.2, 0.25) is 11.8 Å². The quantitative estimate of drug-likeness (QED) is 0.820. The molecule has 1 saturated carbocycles. The van der Waals surface area contributed by atoms with E-state index in [1.54, 1.807) is 0 Å². The van der Waals surface area contributed by atoms with Crippen molar-refractivity contribution >= 4 is 11.8 Å². The van der Waals surface area contributed by atoms with Crippen LogP contribution < -0.4 is 11.1 Å². The zero-order valence-corrected chi connectivity index (χ0v) is 13.1. The molecule has 3 N–H and O–H groups in total. The minimum Gasteiger partial charge on any atom is -0.369 e. The number of hydrogen-bond acceptors (Lipinski definition) is 2. The minimum atomic E-state index is -0.609. The number of carbonyl (C=O) groups is 2. The van der Waals surface area contributed by atoms with Gasteiger partial charge in [-0.1, -0.05) is 20.8 Å². The smallest absolute Gasteiger partial charge is 0.224 e. The van der Waals surface area contributed by atoms with Crippen LogP contribution in [0.4, 0.5) is 0 Å². The lowest BCUT2D eigenvalue weighted by atomic mass is 9.75. The van der Waals surface area contributed by atoms with Crippen molar-refractivity contribution < 1.29 is 9.59 Å². The van der Waals surface area contributed by atoms with Gasteiger partial charge >= 0.3 is 0 Å². The Balaban J connectivity index is 2.94. The van der Waals surface area contributed by atoms with E-state index < -0.39 is 5.41 Å². The number of amides is 2. The van der Waals surface area contributed by atoms with Crippen LogP contribution in [0.1, 0.15) is 60.8 Å². The molecule has 0 aromatic rings. The fraction of sp³-hybridized carbons (Fsp3) is 0.867. The van der Waals surface area contributed by atoms with E-state index in [0.29, 0.717) is 6.42 Å². The van der Waals surface area contributed by atoms with Crippen LogP contribution in [0.2, 0.25) is 0 Å². The number of hydrogen-bond donors (Lipinski definition) is 2. The highest BCUT2D eigenvalue weighted by molar-refractivity contribution is 5.92. The Morgan fingerprint density at radius 3 is 1.89 bits per heavy atom. The summed E-state index contributed by atoms with van der Waals surface area (Å²) in [5, 5.41) is 3.00. The second-order valence-corrected chi connectivity index (χ2v) is 8.08. The van der Waals surface area contributed by atoms with Gasteiger partial charge in [-0.3, -0.25) is 9.59 Å². The Morgan fingerprint density at radius 1 is 1.16 bits per heavy atom. The summed E-state index contributed by atoms with van der Waals surface area (Å²) >= 11 is 0. The molecule has 1 rings (SSSR count). The Morgan fingerprint density at radius 2 is 1.63 bits per heavy atom. The average molecular weight is 268 g/mol. The molecule has 0 unspecified atom stereocenters. The van der Waals surface area contributed by atoms with Crippen molar-refractivity contribution in [2.45, 2.75) is 66.3 Å². The highest BCUT2D eigenvalue weighted by atomic mass is 16.2. The van der Waals surface area contributed by atoms with Gasteiger partial charge in [0.15, 0.2) is 0 Å². The summed E-state index contributed by atoms with van der Waals surface area (Å²) in [6, 6.07) is 0. The zero-order valence-electron chi connectivity index (χ0n) is 13.1. The molecule has 2 amide bonds. The van der Waals surface area contributed by atoms with Crippen LogP contribution in [0.5, 0.6) is 0 Å². The molecule has 1 aliphatic rings. The predicted molar refractivity (Wildman–Crippen MR) is 76.3 cm³/mol. The van der Waals surface area contributed by atoms with Gasteiger partial charge in [-0.25, -0.2) is 0 Å². The number of primary amides is 1. The lowest BCUT2D eigenvalue weighted by Gasteiger charge is -2.32. The molecule has 1 fully saturated rings. The van der Waals surface area contributed by atoms with Crippen LogP contribution in [0.3, 0.4) is 0 Å². The van der Waals surface area contributed by atoms with Crippen molar-refractivity contribution in [3.63, 3.8) is 0 Å². The highest BCUT2D eigenvalue weighted by Gasteiger charge is 2.57. The van der Waals surface area contributed by atoms with Crippen LogP contribution in [0, 0.1) is 16.7 Å². The maximum atomic E-state index is 12.5. The van der Waals surface area contributed by atoms with Crippen molar-refractivity contribution in [1.82, 2.24) is 5.32 Å². The fourth-order valence-electron chi connectivity index (χ4n) is 2.51. The minimum absolute atomic E-state index is 0.00900. The van der Waals surface area contributed by atoms with Gasteiger partial charge in [0.05, 0.1) is 11.3 Å². The zero-order chi connectivity index (χ0) is 15.1. The number of rotatable bonds is 4. The second-order valence-electron chi connectivity index (χ2n) is 8.08. The highest BCUT2D eigenvalue weighted by Crippen LogP contribution is 2.54. The molecule has 19 heavy (non-hydrogen) atoms. The number of nitrogens with two attached hydrogens (primary N) is 1. The average Bonchev–Trinajstić information content (AvgIpc) is 2.89. The molecule has 110 valence electrons. The number of nitrogens with one attached hydrogen (secondary N) is 1. The first kappa shape index (κ1) is 16.0. The third-order valence-corrected chi connectivity index (χ3v) is 3.58. The van der Waals surface area contributed by atoms with Gasteiger partial charge < -0.3 is 11.1 Å². The van der Waals surface area contributed by atoms with E-state index in [9.17, 15) is 9.59 Å². The first-order valence-electron chi connectivity index (χ1n) is 6.99. The standard InChI is InChI=1S/C15H28N2O2/c1-13(2,3)9-10(11(18)17-14(4,5)6)15(7-8-15)12(16)19/h10H,7-9H2,1-6H3,(H2,16,19)(H,17,18)/t10-/m0/s1. The molecule has 0 spiro atoms. The Hall–Kier alpha value is -1.06. The second kappa shape index (κ2) is 4.80. The van der Waals surface area contributed by atoms with Crippen molar-refractivity contribution in [3.05, 3.63) is 0 Å². The number of carbonyl (C=O) groups excluding carboxylic acids is 2. The van der Waals surface area contributed by atoms with Gasteiger partial charge in [0, 0.05) is 5.54 Å². The molecule has 0 heterocycles. The summed E-state index contributed by atoms with van der Waals surface area (Å²) in [6.45, 7) is 12.1. The van der Waals surface area contributed by atoms with Crippen molar-refractivity contribution in [2.24, 2.45) is 22.5 Å². The van der Waals surface area contributed by atoms with Crippen LogP contribution >= 0.6 is 0 Å². The van der Waals surface area contributed by atoms with Gasteiger partial charge in [-0.15, -0.1) is 0 Å². The fourth-order valence-corrected chi connectivity index (χ4v) is 2.51. The van der Waals surface area contributed by atoms with E-state index in [-0.39, 0.29) is 28.7 Å². The summed E-state index contributed by atoms with van der Waals surface area (Å²) in [5.74, 6) is -0.686. The maximum Gasteiger partial charge on any atom is 0.224 e. The van der Waals surface area contributed by atoms with Crippen molar-refractivity contribution in [1.29, 1.82) is 0 Å². The monoisotopic (exact) mass is 268 g/mol. The molecular weight excluding hydrogens is 240 g/mol. The summed E-state index contributed by atoms with van der Waals surface area (Å²) in [7, 11) is 0. The van der Waals surface area contributed by atoms with Gasteiger partial charge in [-0.05, 0) is 45.4 Å². The van der Waals surface area contributed by atoms with Crippen molar-refractivity contribution in [2.75, 3.05) is 0 Å². The molecule has 0 bridgehead atoms. The molecule has 0 radical (unpaired) electrons. The molecule has 0 aromatic carbocycles. The molecule has 1 aliphatic carbocycles. The van der Waals surface area contributed by atoms with Gasteiger partial charge in [0.25, 0.3) is 0 Å². The van der Waals surface area contributed by atoms with Crippen LogP contribution in [-0.2, 0) is 9.59 Å². The summed E-state index contributed by atoms with van der Waals surface area (Å²) in [6.07, 6.45) is 2.15. The SMILES string of the molecule is CC(C)(C)C[C@@H](C(=O)NC(C)(C)C)C1(C(N)=O)CC1. The summed E-state index contributed by atoms with van der Waals surface area (Å²) < 4.78 is 0. The van der Waals surface area contributed by atoms with Crippen molar-refractivity contribution in [3.8, 4) is 0 Å². The first-order chi connectivity index (χ1) is 8.37. The topological polar surface area (TPSA) is 72.2 Å². The third-order valence-electron chi connectivity index (χ3n) is 3.58. The van der Waals surface area contributed by atoms with E-state index in [1.165, 1.54) is 0 Å². The van der Waals surface area contributed by atoms with Crippen LogP contribution in [0.25, 0.3) is 0 Å². The van der Waals surface area contributed by atoms with Gasteiger partial charge in [0.1, 0.15) is 0 Å². The van der Waals surface area contributed by atoms with E-state index >= 15 is 0 Å². The molecular formula is C15H28N2O2. The first-order valence-corrected chi connectivity index (χ1v) is 6.99. The molecule has 0 saturated heterocycles. The third kappa shape index (κ3) is 4.22. The van der Waals surface area contributed by atoms with Crippen LogP contribution in [0.15, 0.2) is 0 Å². The predicted octanol–water partition coefficient (Wildman–Crippen LogP) is 2.22. The summed E-state index contributed by atoms with van der Waals surface area (Å²) in [5.41, 5.74) is 4.63. The molecule has 0 aliphatic heterocycles. The Bertz CT molecular complexity index is 371.